The highest BCUT2D eigenvalue weighted by molar-refractivity contribution is 5.52. The van der Waals surface area contributed by atoms with Gasteiger partial charge in [-0.1, -0.05) is 48.5 Å². The van der Waals surface area contributed by atoms with Gasteiger partial charge in [0.2, 0.25) is 0 Å². The lowest BCUT2D eigenvalue weighted by molar-refractivity contribution is 0.00465. The van der Waals surface area contributed by atoms with Gasteiger partial charge in [0, 0.05) is 43.1 Å². The van der Waals surface area contributed by atoms with Crippen LogP contribution in [0.5, 0.6) is 17.2 Å². The highest BCUT2D eigenvalue weighted by atomic mass is 16.5. The van der Waals surface area contributed by atoms with Crippen molar-refractivity contribution < 1.29 is 24.1 Å². The van der Waals surface area contributed by atoms with Crippen molar-refractivity contribution in [2.75, 3.05) is 46.6 Å². The molecule has 0 amide bonds. The lowest BCUT2D eigenvalue weighted by atomic mass is 9.68. The van der Waals surface area contributed by atoms with Gasteiger partial charge in [0.15, 0.2) is 0 Å². The second-order valence-corrected chi connectivity index (χ2v) is 10.4. The van der Waals surface area contributed by atoms with E-state index in [-0.39, 0.29) is 18.4 Å². The Morgan fingerprint density at radius 3 is 2.35 bits per heavy atom. The first kappa shape index (κ1) is 25.6. The molecule has 6 nitrogen and oxygen atoms in total. The first-order valence-electron chi connectivity index (χ1n) is 13.1. The summed E-state index contributed by atoms with van der Waals surface area (Å²) in [7, 11) is 1.68. The lowest BCUT2D eigenvalue weighted by Gasteiger charge is -2.45. The number of nitrogens with zero attached hydrogens (tertiary/aromatic N) is 1. The summed E-state index contributed by atoms with van der Waals surface area (Å²) < 4.78 is 23.4. The largest absolute Gasteiger partial charge is 0.497 e. The maximum atomic E-state index is 10.5. The third-order valence-corrected chi connectivity index (χ3v) is 7.42. The van der Waals surface area contributed by atoms with Crippen molar-refractivity contribution in [1.29, 1.82) is 0 Å². The van der Waals surface area contributed by atoms with Gasteiger partial charge in [0.05, 0.1) is 20.3 Å². The summed E-state index contributed by atoms with van der Waals surface area (Å²) in [6.07, 6.45) is -0.543. The topological polar surface area (TPSA) is 60.4 Å². The van der Waals surface area contributed by atoms with Crippen LogP contribution in [0.25, 0.3) is 0 Å². The van der Waals surface area contributed by atoms with E-state index in [1.165, 1.54) is 11.1 Å². The molecule has 0 spiro atoms. The van der Waals surface area contributed by atoms with Crippen molar-refractivity contribution in [1.82, 2.24) is 4.90 Å². The quantitative estimate of drug-likeness (QED) is 0.474. The Bertz CT molecular complexity index is 1160. The fourth-order valence-corrected chi connectivity index (χ4v) is 5.64. The number of morpholine rings is 1. The van der Waals surface area contributed by atoms with Crippen molar-refractivity contribution in [2.24, 2.45) is 0 Å². The van der Waals surface area contributed by atoms with E-state index in [4.69, 9.17) is 18.9 Å². The molecular formula is C31H37NO5. The zero-order valence-electron chi connectivity index (χ0n) is 21.9. The summed E-state index contributed by atoms with van der Waals surface area (Å²) in [6.45, 7) is 8.32. The van der Waals surface area contributed by atoms with Crippen LogP contribution < -0.4 is 14.2 Å². The molecule has 5 rings (SSSR count). The van der Waals surface area contributed by atoms with Crippen LogP contribution in [-0.4, -0.2) is 68.3 Å². The first-order valence-corrected chi connectivity index (χ1v) is 13.1. The van der Waals surface area contributed by atoms with Crippen LogP contribution in [-0.2, 0) is 4.74 Å². The van der Waals surface area contributed by atoms with Crippen molar-refractivity contribution in [3.8, 4) is 17.2 Å². The van der Waals surface area contributed by atoms with Gasteiger partial charge in [0.25, 0.3) is 0 Å². The highest BCUT2D eigenvalue weighted by Gasteiger charge is 2.45. The molecule has 1 fully saturated rings. The van der Waals surface area contributed by atoms with E-state index in [0.29, 0.717) is 6.54 Å². The number of aliphatic hydroxyl groups excluding tert-OH is 1. The summed E-state index contributed by atoms with van der Waals surface area (Å²) in [5.74, 6) is 2.59. The number of rotatable bonds is 8. The molecule has 1 saturated heterocycles. The summed E-state index contributed by atoms with van der Waals surface area (Å²) in [5.41, 5.74) is 3.14. The fraction of sp³-hybridized carbons (Fsp3) is 0.419. The zero-order chi connectivity index (χ0) is 25.8. The van der Waals surface area contributed by atoms with Gasteiger partial charge in [-0.25, -0.2) is 0 Å². The molecule has 0 saturated carbocycles. The van der Waals surface area contributed by atoms with Gasteiger partial charge < -0.3 is 24.1 Å². The normalized spacial score (nSPS) is 21.9. The van der Waals surface area contributed by atoms with Crippen LogP contribution in [0.2, 0.25) is 0 Å². The minimum Gasteiger partial charge on any atom is -0.497 e. The van der Waals surface area contributed by atoms with Crippen molar-refractivity contribution in [3.05, 3.63) is 89.5 Å². The number of ether oxygens (including phenoxy) is 4. The van der Waals surface area contributed by atoms with E-state index in [1.54, 1.807) is 7.11 Å². The molecule has 2 aliphatic rings. The molecule has 1 unspecified atom stereocenters. The molecule has 3 aromatic carbocycles. The van der Waals surface area contributed by atoms with E-state index in [2.05, 4.69) is 61.2 Å². The van der Waals surface area contributed by atoms with Crippen molar-refractivity contribution in [3.63, 3.8) is 0 Å². The Balaban J connectivity index is 1.39. The van der Waals surface area contributed by atoms with Gasteiger partial charge in [-0.3, -0.25) is 4.90 Å². The summed E-state index contributed by atoms with van der Waals surface area (Å²) in [6, 6.07) is 25.0. The van der Waals surface area contributed by atoms with E-state index in [1.807, 2.05) is 30.3 Å². The first-order chi connectivity index (χ1) is 17.9. The minimum absolute atomic E-state index is 0.0908. The van der Waals surface area contributed by atoms with Crippen LogP contribution in [0.4, 0.5) is 0 Å². The monoisotopic (exact) mass is 503 g/mol. The molecule has 0 aromatic heterocycles. The molecule has 37 heavy (non-hydrogen) atoms. The zero-order valence-corrected chi connectivity index (χ0v) is 21.9. The Kier molecular flexibility index (Phi) is 7.70. The summed E-state index contributed by atoms with van der Waals surface area (Å²) in [5, 5.41) is 10.5. The molecule has 2 aliphatic heterocycles. The third-order valence-electron chi connectivity index (χ3n) is 7.42. The second-order valence-electron chi connectivity index (χ2n) is 10.4. The highest BCUT2D eigenvalue weighted by Crippen LogP contribution is 2.53. The van der Waals surface area contributed by atoms with Gasteiger partial charge in [-0.15, -0.1) is 0 Å². The Labute approximate surface area is 219 Å². The summed E-state index contributed by atoms with van der Waals surface area (Å²) in [4.78, 5) is 2.21. The van der Waals surface area contributed by atoms with Crippen LogP contribution in [0.15, 0.2) is 72.8 Å². The molecule has 3 atom stereocenters. The maximum absolute atomic E-state index is 10.5. The number of β-amino-alcohol motifs (C(OH)–C–C–N with tert-alkyl or cyclic N) is 1. The summed E-state index contributed by atoms with van der Waals surface area (Å²) >= 11 is 0. The number of methoxy groups -OCH3 is 1. The SMILES string of the molecule is COc1ccc2c(c1)OC(C)(C)[C@@H](c1ccccc1)[C@@H]2c1ccc(OCC(O)CN2CCOCC2)cc1. The predicted molar refractivity (Wildman–Crippen MR) is 144 cm³/mol. The smallest absolute Gasteiger partial charge is 0.127 e. The van der Waals surface area contributed by atoms with Gasteiger partial charge >= 0.3 is 0 Å². The van der Waals surface area contributed by atoms with Crippen LogP contribution in [0.1, 0.15) is 42.4 Å². The Hall–Kier alpha value is -3.06. The third kappa shape index (κ3) is 5.77. The van der Waals surface area contributed by atoms with Crippen LogP contribution >= 0.6 is 0 Å². The van der Waals surface area contributed by atoms with E-state index in [9.17, 15) is 5.11 Å². The predicted octanol–water partition coefficient (Wildman–Crippen LogP) is 4.85. The van der Waals surface area contributed by atoms with Gasteiger partial charge in [0.1, 0.15) is 35.6 Å². The van der Waals surface area contributed by atoms with Crippen molar-refractivity contribution >= 4 is 0 Å². The Morgan fingerprint density at radius 1 is 0.946 bits per heavy atom. The average molecular weight is 504 g/mol. The number of fused-ring (bicyclic) bond motifs is 1. The minimum atomic E-state index is -0.543. The molecule has 0 bridgehead atoms. The maximum Gasteiger partial charge on any atom is 0.127 e. The van der Waals surface area contributed by atoms with Gasteiger partial charge in [-0.2, -0.15) is 0 Å². The average Bonchev–Trinajstić information content (AvgIpc) is 2.91. The molecular weight excluding hydrogens is 466 g/mol. The second kappa shape index (κ2) is 11.1. The number of hydrogen-bond donors (Lipinski definition) is 1. The number of aliphatic hydroxyl groups is 1. The molecule has 0 aliphatic carbocycles. The van der Waals surface area contributed by atoms with E-state index >= 15 is 0 Å². The molecule has 1 N–H and O–H groups in total. The molecule has 0 radical (unpaired) electrons. The molecule has 196 valence electrons. The van der Waals surface area contributed by atoms with E-state index in [0.717, 1.165) is 49.1 Å². The Morgan fingerprint density at radius 2 is 1.65 bits per heavy atom. The van der Waals surface area contributed by atoms with Crippen molar-refractivity contribution in [2.45, 2.75) is 37.4 Å². The molecule has 6 heteroatoms. The van der Waals surface area contributed by atoms with Crippen LogP contribution in [0, 0.1) is 0 Å². The fourth-order valence-electron chi connectivity index (χ4n) is 5.64. The van der Waals surface area contributed by atoms with Gasteiger partial charge in [-0.05, 0) is 43.2 Å². The number of benzene rings is 3. The standard InChI is InChI=1S/C31H37NO5/c1-31(2)30(23-7-5-4-6-8-23)29(27-14-13-26(34-3)19-28(27)37-31)22-9-11-25(12-10-22)36-21-24(33)20-32-15-17-35-18-16-32/h4-14,19,24,29-30,33H,15-18,20-21H2,1-3H3/t24?,29-,30+/m1/s1. The molecule has 3 aromatic rings. The number of hydrogen-bond acceptors (Lipinski definition) is 6. The van der Waals surface area contributed by atoms with Crippen LogP contribution in [0.3, 0.4) is 0 Å². The molecule has 2 heterocycles. The van der Waals surface area contributed by atoms with E-state index < -0.39 is 11.7 Å². The lowest BCUT2D eigenvalue weighted by Crippen LogP contribution is -2.43.